The first-order chi connectivity index (χ1) is 18.7. The van der Waals surface area contributed by atoms with Gasteiger partial charge >= 0.3 is 13.7 Å². The van der Waals surface area contributed by atoms with E-state index in [-0.39, 0.29) is 18.9 Å². The number of aliphatic hydroxyl groups is 1. The Morgan fingerprint density at radius 3 is 0.795 bits per heavy atom. The third-order valence-corrected chi connectivity index (χ3v) is 6.37. The Balaban J connectivity index is -0.0000000580. The molecule has 16 nitrogen and oxygen atoms in total. The minimum Gasteiger partial charge on any atom is -0.386 e. The second-order valence-corrected chi connectivity index (χ2v) is 23.1. The zero-order valence-corrected chi connectivity index (χ0v) is 31.9. The lowest BCUT2D eigenvalue weighted by Crippen LogP contribution is -2.01. The SMILES string of the molecule is C.CC.CCP(C)(=O)O.CCP(C)(=O)O.CP(=O)(O)CO.CP(C)(=O)O.CP(C)(=O)O.O=C=O.O=P(O)(O)c1ccccc1. The molecule has 0 aliphatic rings. The Labute approximate surface area is 262 Å². The van der Waals surface area contributed by atoms with E-state index >= 15 is 0 Å². The van der Waals surface area contributed by atoms with Crippen molar-refractivity contribution >= 4 is 55.9 Å². The fraction of sp³-hybridized carbons (Fsp3) is 0.682. The van der Waals surface area contributed by atoms with Crippen LogP contribution in [0.15, 0.2) is 30.3 Å². The topological polar surface area (TPSA) is 298 Å². The molecule has 3 unspecified atom stereocenters. The van der Waals surface area contributed by atoms with E-state index in [4.69, 9.17) is 48.9 Å². The molecule has 22 heteroatoms. The van der Waals surface area contributed by atoms with E-state index in [1.165, 1.54) is 52.1 Å². The van der Waals surface area contributed by atoms with E-state index in [1.54, 1.807) is 32.0 Å². The average molecular weight is 763 g/mol. The van der Waals surface area contributed by atoms with Crippen LogP contribution in [-0.4, -0.2) is 111 Å². The first kappa shape index (κ1) is 62.5. The summed E-state index contributed by atoms with van der Waals surface area (Å²) in [6.07, 6.45) is 0.396. The van der Waals surface area contributed by atoms with Gasteiger partial charge in [-0.3, -0.25) is 27.4 Å². The Kier molecular flexibility index (Phi) is 46.3. The van der Waals surface area contributed by atoms with Crippen LogP contribution in [0.2, 0.25) is 0 Å². The van der Waals surface area contributed by atoms with Crippen LogP contribution < -0.4 is 5.30 Å². The van der Waals surface area contributed by atoms with Crippen molar-refractivity contribution in [3.63, 3.8) is 0 Å². The van der Waals surface area contributed by atoms with Crippen LogP contribution in [0.1, 0.15) is 35.1 Å². The van der Waals surface area contributed by atoms with Crippen molar-refractivity contribution < 1.29 is 76.3 Å². The van der Waals surface area contributed by atoms with E-state index in [0.29, 0.717) is 12.3 Å². The summed E-state index contributed by atoms with van der Waals surface area (Å²) < 4.78 is 60.2. The first-order valence-electron chi connectivity index (χ1n) is 11.8. The van der Waals surface area contributed by atoms with Crippen LogP contribution in [0.5, 0.6) is 0 Å². The van der Waals surface area contributed by atoms with E-state index < -0.39 is 50.8 Å². The molecule has 0 radical (unpaired) electrons. The minimum atomic E-state index is -4.02. The molecule has 1 aromatic carbocycles. The Morgan fingerprint density at radius 2 is 0.727 bits per heavy atom. The molecule has 0 aliphatic carbocycles. The molecule has 0 heterocycles. The fourth-order valence-corrected chi connectivity index (χ4v) is 1.18. The summed E-state index contributed by atoms with van der Waals surface area (Å²) in [5.74, 6) is 0. The molecule has 1 aromatic rings. The zero-order chi connectivity index (χ0) is 36.9. The highest BCUT2D eigenvalue weighted by Crippen LogP contribution is 2.34. The summed E-state index contributed by atoms with van der Waals surface area (Å²) in [6, 6.07) is 7.70. The smallest absolute Gasteiger partial charge is 0.373 e. The van der Waals surface area contributed by atoms with Crippen molar-refractivity contribution in [2.45, 2.75) is 35.1 Å². The summed E-state index contributed by atoms with van der Waals surface area (Å²) in [6.45, 7) is 16.4. The molecule has 0 spiro atoms. The highest BCUT2D eigenvalue weighted by molar-refractivity contribution is 7.60. The molecule has 8 N–H and O–H groups in total. The van der Waals surface area contributed by atoms with Crippen molar-refractivity contribution in [2.24, 2.45) is 0 Å². The standard InChI is InChI=1S/C6H7O3P.2C3H9O2P.C2H7O3P.2C2H7O2P.C2H6.CO2.CH4/c7-10(8,9)6-4-2-1-3-5-6;2*1-3-6(2,4)5;1-6(4,5)2-3;2*1-5(2,3)4;1-2;2-1-3;/h1-5H,(H2,7,8,9);2*3H2,1-2H3,(H,4,5);3H,2H2,1H3,(H,4,5);2*1-2H3,(H,3,4);1-2H3;;1H4. The number of aliphatic hydroxyl groups excluding tert-OH is 1. The lowest BCUT2D eigenvalue weighted by Gasteiger charge is -2.00. The van der Waals surface area contributed by atoms with Gasteiger partial charge in [0.25, 0.3) is 0 Å². The molecule has 1 rings (SSSR count). The van der Waals surface area contributed by atoms with Gasteiger partial charge in [0.2, 0.25) is 7.37 Å². The van der Waals surface area contributed by atoms with Crippen molar-refractivity contribution in [1.82, 2.24) is 0 Å². The number of hydrogen-bond donors (Lipinski definition) is 8. The van der Waals surface area contributed by atoms with E-state index in [9.17, 15) is 27.4 Å². The lowest BCUT2D eigenvalue weighted by molar-refractivity contribution is -0.191. The van der Waals surface area contributed by atoms with Crippen LogP contribution >= 0.6 is 44.4 Å². The van der Waals surface area contributed by atoms with Gasteiger partial charge < -0.3 is 39.4 Å². The van der Waals surface area contributed by atoms with Crippen LogP contribution in [0.4, 0.5) is 0 Å². The molecule has 0 aromatic heterocycles. The first-order valence-corrected chi connectivity index (χ1v) is 25.4. The fourth-order valence-electron chi connectivity index (χ4n) is 0.622. The van der Waals surface area contributed by atoms with Gasteiger partial charge in [-0.2, -0.15) is 9.59 Å². The molecule has 0 aliphatic heterocycles. The third-order valence-electron chi connectivity index (χ3n) is 2.53. The van der Waals surface area contributed by atoms with Gasteiger partial charge in [-0.25, -0.2) is 0 Å². The average Bonchev–Trinajstić information content (AvgIpc) is 2.79. The van der Waals surface area contributed by atoms with Crippen LogP contribution in [0.3, 0.4) is 0 Å². The number of carbonyl (C=O) groups excluding carboxylic acids is 2. The van der Waals surface area contributed by atoms with Crippen molar-refractivity contribution in [2.75, 3.05) is 65.3 Å². The summed E-state index contributed by atoms with van der Waals surface area (Å²) in [5, 5.41) is 7.95. The van der Waals surface area contributed by atoms with Crippen molar-refractivity contribution in [3.8, 4) is 0 Å². The van der Waals surface area contributed by atoms with E-state index in [0.717, 1.165) is 6.66 Å². The molecule has 0 saturated carbocycles. The van der Waals surface area contributed by atoms with E-state index in [2.05, 4.69) is 0 Å². The van der Waals surface area contributed by atoms with Crippen LogP contribution in [0.25, 0.3) is 0 Å². The van der Waals surface area contributed by atoms with Crippen molar-refractivity contribution in [1.29, 1.82) is 0 Å². The van der Waals surface area contributed by atoms with Gasteiger partial charge in [-0.05, 0) is 12.1 Å². The maximum atomic E-state index is 10.5. The Hall–Kier alpha value is -0.340. The maximum absolute atomic E-state index is 10.5. The monoisotopic (exact) mass is 762 g/mol. The largest absolute Gasteiger partial charge is 0.386 e. The normalized spacial score (nSPS) is 13.7. The molecule has 0 fully saturated rings. The maximum Gasteiger partial charge on any atom is 0.373 e. The Bertz CT molecular complexity index is 996. The molecule has 44 heavy (non-hydrogen) atoms. The van der Waals surface area contributed by atoms with Gasteiger partial charge in [0.15, 0.2) is 29.5 Å². The highest BCUT2D eigenvalue weighted by Gasteiger charge is 2.14. The molecule has 270 valence electrons. The number of hydrogen-bond acceptors (Lipinski definition) is 9. The van der Waals surface area contributed by atoms with Crippen LogP contribution in [-0.2, 0) is 37.0 Å². The summed E-state index contributed by atoms with van der Waals surface area (Å²) in [5.41, 5.74) is 0. The molecule has 3 atom stereocenters. The summed E-state index contributed by atoms with van der Waals surface area (Å²) in [4.78, 5) is 74.5. The van der Waals surface area contributed by atoms with E-state index in [1.807, 2.05) is 13.8 Å². The summed E-state index contributed by atoms with van der Waals surface area (Å²) >= 11 is 0. The van der Waals surface area contributed by atoms with Gasteiger partial charge in [0, 0.05) is 59.0 Å². The highest BCUT2D eigenvalue weighted by atomic mass is 31.2. The van der Waals surface area contributed by atoms with Gasteiger partial charge in [-0.15, -0.1) is 0 Å². The number of benzene rings is 1. The summed E-state index contributed by atoms with van der Waals surface area (Å²) in [7, 11) is -17.7. The minimum absolute atomic E-state index is 0. The van der Waals surface area contributed by atoms with Crippen LogP contribution in [0, 0.1) is 0 Å². The molecule has 0 amide bonds. The Morgan fingerprint density at radius 1 is 0.568 bits per heavy atom. The van der Waals surface area contributed by atoms with Gasteiger partial charge in [0.1, 0.15) is 6.35 Å². The predicted octanol–water partition coefficient (Wildman–Crippen LogP) is 4.25. The van der Waals surface area contributed by atoms with Gasteiger partial charge in [0.05, 0.1) is 5.30 Å². The molecule has 0 saturated heterocycles. The third kappa shape index (κ3) is 134. The molecular formula is C22H56O16P6. The molecular weight excluding hydrogens is 706 g/mol. The zero-order valence-electron chi connectivity index (χ0n) is 26.5. The number of rotatable bonds is 4. The quantitative estimate of drug-likeness (QED) is 0.199. The van der Waals surface area contributed by atoms with Gasteiger partial charge in [-0.1, -0.05) is 53.3 Å². The van der Waals surface area contributed by atoms with Crippen molar-refractivity contribution in [3.05, 3.63) is 30.3 Å². The second kappa shape index (κ2) is 32.6. The molecule has 0 bridgehead atoms. The lowest BCUT2D eigenvalue weighted by atomic mass is 10.4. The second-order valence-electron chi connectivity index (χ2n) is 8.48. The predicted molar refractivity (Wildman–Crippen MR) is 180 cm³/mol.